The SMILES string of the molecule is CC(=O)Nc1ccc(F)c(NC(=O)c2cnn(-c3ccc(F)cc3)c2C(F)(F)F)c1. The van der Waals surface area contributed by atoms with Gasteiger partial charge in [-0.15, -0.1) is 0 Å². The van der Waals surface area contributed by atoms with Crippen molar-refractivity contribution >= 4 is 23.2 Å². The van der Waals surface area contributed by atoms with Gasteiger partial charge in [-0.2, -0.15) is 18.3 Å². The van der Waals surface area contributed by atoms with Gasteiger partial charge in [0.25, 0.3) is 5.91 Å². The summed E-state index contributed by atoms with van der Waals surface area (Å²) in [6.45, 7) is 1.21. The Balaban J connectivity index is 1.99. The molecule has 3 rings (SSSR count). The number of amides is 2. The van der Waals surface area contributed by atoms with Crippen molar-refractivity contribution in [2.45, 2.75) is 13.1 Å². The first-order chi connectivity index (χ1) is 14.1. The average molecular weight is 424 g/mol. The van der Waals surface area contributed by atoms with E-state index in [1.165, 1.54) is 13.0 Å². The van der Waals surface area contributed by atoms with Crippen LogP contribution in [0, 0.1) is 11.6 Å². The van der Waals surface area contributed by atoms with Crippen molar-refractivity contribution in [2.75, 3.05) is 10.6 Å². The number of hydrogen-bond donors (Lipinski definition) is 2. The molecular weight excluding hydrogens is 411 g/mol. The number of nitrogens with one attached hydrogen (secondary N) is 2. The van der Waals surface area contributed by atoms with Crippen LogP contribution in [0.2, 0.25) is 0 Å². The molecule has 0 bridgehead atoms. The minimum absolute atomic E-state index is 0.124. The number of carbonyl (C=O) groups is 2. The Labute approximate surface area is 166 Å². The van der Waals surface area contributed by atoms with Crippen LogP contribution < -0.4 is 10.6 Å². The van der Waals surface area contributed by atoms with E-state index in [1.54, 1.807) is 0 Å². The number of anilines is 2. The smallest absolute Gasteiger partial charge is 0.326 e. The molecule has 1 aromatic heterocycles. The van der Waals surface area contributed by atoms with Crippen LogP contribution >= 0.6 is 0 Å². The van der Waals surface area contributed by atoms with Crippen molar-refractivity contribution in [3.8, 4) is 5.69 Å². The lowest BCUT2D eigenvalue weighted by Gasteiger charge is -2.13. The van der Waals surface area contributed by atoms with E-state index >= 15 is 0 Å². The Hall–Kier alpha value is -3.76. The van der Waals surface area contributed by atoms with Crippen molar-refractivity contribution in [2.24, 2.45) is 0 Å². The van der Waals surface area contributed by atoms with Gasteiger partial charge in [-0.05, 0) is 42.5 Å². The van der Waals surface area contributed by atoms with Crippen LogP contribution in [0.3, 0.4) is 0 Å². The molecule has 30 heavy (non-hydrogen) atoms. The highest BCUT2D eigenvalue weighted by Crippen LogP contribution is 2.34. The summed E-state index contributed by atoms with van der Waals surface area (Å²) in [7, 11) is 0. The van der Waals surface area contributed by atoms with Crippen molar-refractivity contribution in [1.82, 2.24) is 9.78 Å². The lowest BCUT2D eigenvalue weighted by Crippen LogP contribution is -2.21. The molecule has 0 saturated heterocycles. The van der Waals surface area contributed by atoms with E-state index < -0.39 is 46.6 Å². The van der Waals surface area contributed by atoms with Gasteiger partial charge in [0.05, 0.1) is 23.1 Å². The Kier molecular flexibility index (Phi) is 5.54. The van der Waals surface area contributed by atoms with E-state index in [0.717, 1.165) is 36.4 Å². The number of alkyl halides is 3. The number of nitrogens with zero attached hydrogens (tertiary/aromatic N) is 2. The van der Waals surface area contributed by atoms with E-state index in [4.69, 9.17) is 0 Å². The number of aromatic nitrogens is 2. The molecule has 0 aliphatic rings. The summed E-state index contributed by atoms with van der Waals surface area (Å²) < 4.78 is 68.5. The Morgan fingerprint density at radius 1 is 1.00 bits per heavy atom. The molecule has 2 amide bonds. The van der Waals surface area contributed by atoms with Gasteiger partial charge in [0.15, 0.2) is 5.69 Å². The van der Waals surface area contributed by atoms with Gasteiger partial charge in [0.1, 0.15) is 11.6 Å². The summed E-state index contributed by atoms with van der Waals surface area (Å²) in [6.07, 6.45) is -4.31. The standard InChI is InChI=1S/C19H13F5N4O2/c1-10(29)26-12-4-7-15(21)16(8-12)27-18(30)14-9-25-28(17(14)19(22,23)24)13-5-2-11(20)3-6-13/h2-9H,1H3,(H,26,29)(H,27,30). The molecule has 2 aromatic carbocycles. The number of rotatable bonds is 4. The van der Waals surface area contributed by atoms with Gasteiger partial charge in [-0.3, -0.25) is 9.59 Å². The van der Waals surface area contributed by atoms with E-state index in [-0.39, 0.29) is 11.4 Å². The summed E-state index contributed by atoms with van der Waals surface area (Å²) in [5.74, 6) is -3.31. The number of carbonyl (C=O) groups excluding carboxylic acids is 2. The maximum Gasteiger partial charge on any atom is 0.434 e. The normalized spacial score (nSPS) is 11.3. The Morgan fingerprint density at radius 2 is 1.67 bits per heavy atom. The van der Waals surface area contributed by atoms with Crippen molar-refractivity contribution in [3.63, 3.8) is 0 Å². The molecule has 0 atom stereocenters. The van der Waals surface area contributed by atoms with Crippen LogP contribution in [-0.2, 0) is 11.0 Å². The van der Waals surface area contributed by atoms with Crippen molar-refractivity contribution < 1.29 is 31.5 Å². The zero-order valence-electron chi connectivity index (χ0n) is 15.2. The minimum atomic E-state index is -4.99. The van der Waals surface area contributed by atoms with Gasteiger partial charge in [-0.1, -0.05) is 0 Å². The van der Waals surface area contributed by atoms with Crippen molar-refractivity contribution in [3.05, 3.63) is 71.6 Å². The molecule has 3 aromatic rings. The monoisotopic (exact) mass is 424 g/mol. The molecule has 2 N–H and O–H groups in total. The Bertz CT molecular complexity index is 1110. The topological polar surface area (TPSA) is 76.0 Å². The van der Waals surface area contributed by atoms with Gasteiger partial charge in [-0.25, -0.2) is 13.5 Å². The number of halogens is 5. The molecule has 0 spiro atoms. The minimum Gasteiger partial charge on any atom is -0.326 e. The van der Waals surface area contributed by atoms with Gasteiger partial charge >= 0.3 is 6.18 Å². The summed E-state index contributed by atoms with van der Waals surface area (Å²) in [6, 6.07) is 7.24. The van der Waals surface area contributed by atoms with Crippen LogP contribution in [0.5, 0.6) is 0 Å². The third-order valence-electron chi connectivity index (χ3n) is 3.89. The fraction of sp³-hybridized carbons (Fsp3) is 0.105. The van der Waals surface area contributed by atoms with Crippen LogP contribution in [-0.4, -0.2) is 21.6 Å². The number of benzene rings is 2. The summed E-state index contributed by atoms with van der Waals surface area (Å²) >= 11 is 0. The second kappa shape index (κ2) is 7.93. The molecule has 156 valence electrons. The molecule has 0 aliphatic carbocycles. The van der Waals surface area contributed by atoms with Crippen LogP contribution in [0.4, 0.5) is 33.3 Å². The van der Waals surface area contributed by atoms with Crippen LogP contribution in [0.25, 0.3) is 5.69 Å². The third kappa shape index (κ3) is 4.45. The largest absolute Gasteiger partial charge is 0.434 e. The van der Waals surface area contributed by atoms with Gasteiger partial charge in [0.2, 0.25) is 5.91 Å². The maximum absolute atomic E-state index is 14.0. The molecule has 0 saturated carbocycles. The van der Waals surface area contributed by atoms with Crippen molar-refractivity contribution in [1.29, 1.82) is 0 Å². The third-order valence-corrected chi connectivity index (χ3v) is 3.89. The molecule has 6 nitrogen and oxygen atoms in total. The number of hydrogen-bond acceptors (Lipinski definition) is 3. The summed E-state index contributed by atoms with van der Waals surface area (Å²) in [5.41, 5.74) is -2.70. The quantitative estimate of drug-likeness (QED) is 0.611. The van der Waals surface area contributed by atoms with Gasteiger partial charge < -0.3 is 10.6 Å². The molecule has 0 radical (unpaired) electrons. The highest BCUT2D eigenvalue weighted by molar-refractivity contribution is 6.05. The molecule has 1 heterocycles. The second-order valence-corrected chi connectivity index (χ2v) is 6.12. The molecule has 0 fully saturated rings. The van der Waals surface area contributed by atoms with E-state index in [0.29, 0.717) is 10.9 Å². The van der Waals surface area contributed by atoms with E-state index in [1.807, 2.05) is 5.32 Å². The molecular formula is C19H13F5N4O2. The zero-order valence-corrected chi connectivity index (χ0v) is 15.2. The van der Waals surface area contributed by atoms with Gasteiger partial charge in [0, 0.05) is 12.6 Å². The average Bonchev–Trinajstić information content (AvgIpc) is 3.10. The summed E-state index contributed by atoms with van der Waals surface area (Å²) in [4.78, 5) is 23.6. The zero-order chi connectivity index (χ0) is 22.1. The summed E-state index contributed by atoms with van der Waals surface area (Å²) in [5, 5.41) is 8.00. The molecule has 11 heteroatoms. The van der Waals surface area contributed by atoms with Crippen LogP contribution in [0.15, 0.2) is 48.7 Å². The first-order valence-electron chi connectivity index (χ1n) is 8.36. The second-order valence-electron chi connectivity index (χ2n) is 6.12. The Morgan fingerprint density at radius 3 is 2.27 bits per heavy atom. The first-order valence-corrected chi connectivity index (χ1v) is 8.36. The highest BCUT2D eigenvalue weighted by atomic mass is 19.4. The highest BCUT2D eigenvalue weighted by Gasteiger charge is 2.40. The predicted octanol–water partition coefficient (Wildman–Crippen LogP) is 4.38. The van der Waals surface area contributed by atoms with Crippen LogP contribution in [0.1, 0.15) is 23.0 Å². The first kappa shape index (κ1) is 21.0. The fourth-order valence-corrected chi connectivity index (χ4v) is 2.66. The fourth-order valence-electron chi connectivity index (χ4n) is 2.66. The lowest BCUT2D eigenvalue weighted by atomic mass is 10.2. The molecule has 0 unspecified atom stereocenters. The van der Waals surface area contributed by atoms with E-state index in [2.05, 4.69) is 10.4 Å². The predicted molar refractivity (Wildman–Crippen MR) is 97.2 cm³/mol. The lowest BCUT2D eigenvalue weighted by molar-refractivity contribution is -0.143. The van der Waals surface area contributed by atoms with E-state index in [9.17, 15) is 31.5 Å². The maximum atomic E-state index is 14.0. The molecule has 0 aliphatic heterocycles.